The van der Waals surface area contributed by atoms with E-state index in [1.165, 1.54) is 14.0 Å². The lowest BCUT2D eigenvalue weighted by molar-refractivity contribution is -0.152. The molecule has 0 amide bonds. The molecule has 6 heteroatoms. The zero-order chi connectivity index (χ0) is 17.4. The fourth-order valence-electron chi connectivity index (χ4n) is 2.41. The molecule has 0 aliphatic rings. The van der Waals surface area contributed by atoms with Crippen LogP contribution in [0.3, 0.4) is 0 Å². The first-order valence-corrected chi connectivity index (χ1v) is 7.10. The van der Waals surface area contributed by atoms with Gasteiger partial charge >= 0.3 is 5.97 Å². The van der Waals surface area contributed by atoms with Gasteiger partial charge in [-0.15, -0.1) is 0 Å². The Morgan fingerprint density at radius 1 is 1.26 bits per heavy atom. The second-order valence-corrected chi connectivity index (χ2v) is 4.88. The second-order valence-electron chi connectivity index (χ2n) is 4.88. The number of nitriles is 2. The lowest BCUT2D eigenvalue weighted by atomic mass is 9.76. The Hall–Kier alpha value is -2.86. The summed E-state index contributed by atoms with van der Waals surface area (Å²) in [5.74, 6) is -3.98. The van der Waals surface area contributed by atoms with Crippen LogP contribution in [0.1, 0.15) is 25.3 Å². The molecular formula is C17H18N2O4. The molecule has 6 nitrogen and oxygen atoms in total. The third kappa shape index (κ3) is 4.31. The van der Waals surface area contributed by atoms with Crippen molar-refractivity contribution in [3.8, 4) is 17.9 Å². The molecule has 0 aliphatic carbocycles. The summed E-state index contributed by atoms with van der Waals surface area (Å²) in [7, 11) is 1.48. The molecule has 0 heterocycles. The number of nitrogens with zero attached hydrogens (tertiary/aromatic N) is 2. The number of hydrogen-bond acceptors (Lipinski definition) is 6. The van der Waals surface area contributed by atoms with Gasteiger partial charge in [-0.2, -0.15) is 10.5 Å². The number of carbonyl (C=O) groups excluding carboxylic acids is 2. The van der Waals surface area contributed by atoms with E-state index in [-0.39, 0.29) is 6.61 Å². The van der Waals surface area contributed by atoms with E-state index in [2.05, 4.69) is 0 Å². The predicted octanol–water partition coefficient (Wildman–Crippen LogP) is 2.21. The molecule has 1 aromatic rings. The molecule has 0 aromatic heterocycles. The Kier molecular flexibility index (Phi) is 6.76. The third-order valence-electron chi connectivity index (χ3n) is 3.45. The molecule has 0 N–H and O–H groups in total. The quantitative estimate of drug-likeness (QED) is 0.565. The lowest BCUT2D eigenvalue weighted by Gasteiger charge is -2.25. The van der Waals surface area contributed by atoms with Crippen LogP contribution < -0.4 is 4.74 Å². The van der Waals surface area contributed by atoms with E-state index in [4.69, 9.17) is 9.47 Å². The average molecular weight is 314 g/mol. The minimum Gasteiger partial charge on any atom is -0.497 e. The van der Waals surface area contributed by atoms with Crippen LogP contribution in [-0.4, -0.2) is 25.5 Å². The summed E-state index contributed by atoms with van der Waals surface area (Å²) in [4.78, 5) is 24.2. The van der Waals surface area contributed by atoms with Crippen molar-refractivity contribution >= 4 is 11.8 Å². The van der Waals surface area contributed by atoms with Crippen molar-refractivity contribution in [1.29, 1.82) is 10.5 Å². The molecule has 23 heavy (non-hydrogen) atoms. The number of Topliss-reactive ketones (excluding diaryl/α,β-unsaturated/α-hetero) is 1. The van der Waals surface area contributed by atoms with E-state index in [1.807, 2.05) is 12.1 Å². The topological polar surface area (TPSA) is 100 Å². The first-order chi connectivity index (χ1) is 11.0. The van der Waals surface area contributed by atoms with Gasteiger partial charge < -0.3 is 9.47 Å². The number of rotatable bonds is 7. The van der Waals surface area contributed by atoms with Crippen LogP contribution >= 0.6 is 0 Å². The number of ketones is 1. The monoisotopic (exact) mass is 314 g/mol. The molecular weight excluding hydrogens is 296 g/mol. The van der Waals surface area contributed by atoms with Crippen LogP contribution in [-0.2, 0) is 14.3 Å². The standard InChI is InChI=1S/C17H18N2O4/c1-4-23-17(21)15(11(2)20)16(13(9-18)10-19)12-6-5-7-14(8-12)22-3/h5-8,13,15-16H,4H2,1-3H3/t15-,16-/m1/s1. The maximum absolute atomic E-state index is 12.2. The summed E-state index contributed by atoms with van der Waals surface area (Å²) in [5, 5.41) is 18.5. The zero-order valence-electron chi connectivity index (χ0n) is 13.3. The highest BCUT2D eigenvalue weighted by Gasteiger charge is 2.40. The van der Waals surface area contributed by atoms with Crippen LogP contribution in [0.4, 0.5) is 0 Å². The molecule has 0 bridgehead atoms. The molecule has 0 aliphatic heterocycles. The fraction of sp³-hybridized carbons (Fsp3) is 0.412. The Balaban J connectivity index is 3.44. The van der Waals surface area contributed by atoms with Gasteiger partial charge in [0, 0.05) is 5.92 Å². The highest BCUT2D eigenvalue weighted by atomic mass is 16.5. The van der Waals surface area contributed by atoms with Gasteiger partial charge in [0.25, 0.3) is 0 Å². The van der Waals surface area contributed by atoms with Gasteiger partial charge in [-0.25, -0.2) is 0 Å². The van der Waals surface area contributed by atoms with Gasteiger partial charge in [-0.3, -0.25) is 9.59 Å². The molecule has 0 saturated carbocycles. The van der Waals surface area contributed by atoms with E-state index >= 15 is 0 Å². The highest BCUT2D eigenvalue weighted by molar-refractivity contribution is 5.99. The minimum atomic E-state index is -1.22. The van der Waals surface area contributed by atoms with Crippen molar-refractivity contribution < 1.29 is 19.1 Å². The summed E-state index contributed by atoms with van der Waals surface area (Å²) in [6.45, 7) is 2.99. The third-order valence-corrected chi connectivity index (χ3v) is 3.45. The summed E-state index contributed by atoms with van der Waals surface area (Å²) in [6, 6.07) is 10.4. The Morgan fingerprint density at radius 2 is 1.91 bits per heavy atom. The maximum atomic E-state index is 12.2. The largest absolute Gasteiger partial charge is 0.497 e. The van der Waals surface area contributed by atoms with Crippen molar-refractivity contribution in [1.82, 2.24) is 0 Å². The lowest BCUT2D eigenvalue weighted by Crippen LogP contribution is -2.33. The van der Waals surface area contributed by atoms with Gasteiger partial charge in [0.2, 0.25) is 0 Å². The van der Waals surface area contributed by atoms with Crippen LogP contribution in [0.25, 0.3) is 0 Å². The molecule has 2 atom stereocenters. The van der Waals surface area contributed by atoms with Crippen molar-refractivity contribution in [3.63, 3.8) is 0 Å². The van der Waals surface area contributed by atoms with E-state index < -0.39 is 29.5 Å². The maximum Gasteiger partial charge on any atom is 0.317 e. The molecule has 1 aromatic carbocycles. The second kappa shape index (κ2) is 8.55. The highest BCUT2D eigenvalue weighted by Crippen LogP contribution is 2.35. The van der Waals surface area contributed by atoms with E-state index in [0.29, 0.717) is 11.3 Å². The van der Waals surface area contributed by atoms with Gasteiger partial charge in [-0.1, -0.05) is 12.1 Å². The van der Waals surface area contributed by atoms with Gasteiger partial charge in [0.15, 0.2) is 0 Å². The van der Waals surface area contributed by atoms with Crippen molar-refractivity contribution in [3.05, 3.63) is 29.8 Å². The van der Waals surface area contributed by atoms with Crippen LogP contribution in [0.15, 0.2) is 24.3 Å². The summed E-state index contributed by atoms with van der Waals surface area (Å²) in [6.07, 6.45) is 0. The number of hydrogen-bond donors (Lipinski definition) is 0. The fourth-order valence-corrected chi connectivity index (χ4v) is 2.41. The molecule has 0 saturated heterocycles. The van der Waals surface area contributed by atoms with Crippen molar-refractivity contribution in [2.24, 2.45) is 11.8 Å². The summed E-state index contributed by atoms with van der Waals surface area (Å²) < 4.78 is 10.1. The van der Waals surface area contributed by atoms with Gasteiger partial charge in [-0.05, 0) is 31.5 Å². The SMILES string of the molecule is CCOC(=O)[C@H](C(C)=O)[C@H](c1cccc(OC)c1)C(C#N)C#N. The van der Waals surface area contributed by atoms with Crippen molar-refractivity contribution in [2.75, 3.05) is 13.7 Å². The van der Waals surface area contributed by atoms with Gasteiger partial charge in [0.1, 0.15) is 23.4 Å². The van der Waals surface area contributed by atoms with E-state index in [1.54, 1.807) is 31.2 Å². The van der Waals surface area contributed by atoms with Crippen molar-refractivity contribution in [2.45, 2.75) is 19.8 Å². The molecule has 0 fully saturated rings. The van der Waals surface area contributed by atoms with Crippen LogP contribution in [0.5, 0.6) is 5.75 Å². The first-order valence-electron chi connectivity index (χ1n) is 7.10. The summed E-state index contributed by atoms with van der Waals surface area (Å²) in [5.41, 5.74) is 0.505. The van der Waals surface area contributed by atoms with Crippen LogP contribution in [0.2, 0.25) is 0 Å². The molecule has 120 valence electrons. The average Bonchev–Trinajstić information content (AvgIpc) is 2.54. The Labute approximate surface area is 135 Å². The summed E-state index contributed by atoms with van der Waals surface area (Å²) >= 11 is 0. The van der Waals surface area contributed by atoms with Gasteiger partial charge in [0.05, 0.1) is 25.9 Å². The number of methoxy groups -OCH3 is 1. The number of benzene rings is 1. The predicted molar refractivity (Wildman–Crippen MR) is 81.3 cm³/mol. The number of ether oxygens (including phenoxy) is 2. The Bertz CT molecular complexity index is 643. The Morgan fingerprint density at radius 3 is 2.39 bits per heavy atom. The molecule has 0 unspecified atom stereocenters. The molecule has 0 spiro atoms. The minimum absolute atomic E-state index is 0.108. The smallest absolute Gasteiger partial charge is 0.317 e. The normalized spacial score (nSPS) is 12.6. The first kappa shape index (κ1) is 18.2. The molecule has 1 rings (SSSR count). The number of esters is 1. The van der Waals surface area contributed by atoms with E-state index in [9.17, 15) is 20.1 Å². The zero-order valence-corrected chi connectivity index (χ0v) is 13.3. The van der Waals surface area contributed by atoms with Crippen LogP contribution in [0, 0.1) is 34.5 Å². The molecule has 0 radical (unpaired) electrons. The van der Waals surface area contributed by atoms with E-state index in [0.717, 1.165) is 0 Å². The number of carbonyl (C=O) groups is 2.